The van der Waals surface area contributed by atoms with E-state index in [4.69, 9.17) is 5.73 Å². The van der Waals surface area contributed by atoms with E-state index in [9.17, 15) is 13.2 Å². The van der Waals surface area contributed by atoms with Gasteiger partial charge in [-0.15, -0.1) is 0 Å². The van der Waals surface area contributed by atoms with Gasteiger partial charge in [-0.25, -0.2) is 0 Å². The predicted molar refractivity (Wildman–Crippen MR) is 73.4 cm³/mol. The fourth-order valence-corrected chi connectivity index (χ4v) is 2.35. The van der Waals surface area contributed by atoms with E-state index in [0.717, 1.165) is 24.0 Å². The summed E-state index contributed by atoms with van der Waals surface area (Å²) in [6.07, 6.45) is -1.84. The summed E-state index contributed by atoms with van der Waals surface area (Å²) in [6, 6.07) is 7.75. The molecule has 112 valence electrons. The van der Waals surface area contributed by atoms with E-state index < -0.39 is 12.7 Å². The third-order valence-electron chi connectivity index (χ3n) is 3.68. The fraction of sp³-hybridized carbons (Fsp3) is 0.600. The standard InChI is InChI=1S/C15H21F3N2/c1-11-2-4-12(5-3-11)14(19)8-9-20(13-6-7-13)10-15(16,17)18/h2-5,13-14H,6-10,19H2,1H3. The molecule has 0 spiro atoms. The zero-order valence-electron chi connectivity index (χ0n) is 11.7. The van der Waals surface area contributed by atoms with Crippen LogP contribution < -0.4 is 5.73 Å². The van der Waals surface area contributed by atoms with Crippen molar-refractivity contribution in [1.82, 2.24) is 4.90 Å². The van der Waals surface area contributed by atoms with Gasteiger partial charge < -0.3 is 5.73 Å². The lowest BCUT2D eigenvalue weighted by atomic mass is 10.0. The molecule has 0 aromatic heterocycles. The quantitative estimate of drug-likeness (QED) is 0.868. The Hall–Kier alpha value is -1.07. The van der Waals surface area contributed by atoms with Crippen LogP contribution >= 0.6 is 0 Å². The summed E-state index contributed by atoms with van der Waals surface area (Å²) in [7, 11) is 0. The van der Waals surface area contributed by atoms with Crippen LogP contribution in [0.4, 0.5) is 13.2 Å². The van der Waals surface area contributed by atoms with Crippen molar-refractivity contribution in [3.63, 3.8) is 0 Å². The van der Waals surface area contributed by atoms with Gasteiger partial charge in [-0.05, 0) is 31.7 Å². The lowest BCUT2D eigenvalue weighted by molar-refractivity contribution is -0.147. The molecule has 1 aliphatic rings. The van der Waals surface area contributed by atoms with Crippen molar-refractivity contribution in [3.8, 4) is 0 Å². The average Bonchev–Trinajstić information content (AvgIpc) is 3.17. The molecule has 20 heavy (non-hydrogen) atoms. The normalized spacial score (nSPS) is 17.5. The van der Waals surface area contributed by atoms with Gasteiger partial charge in [-0.2, -0.15) is 13.2 Å². The number of nitrogens with two attached hydrogens (primary N) is 1. The highest BCUT2D eigenvalue weighted by molar-refractivity contribution is 5.23. The van der Waals surface area contributed by atoms with Gasteiger partial charge in [0, 0.05) is 18.6 Å². The van der Waals surface area contributed by atoms with Crippen molar-refractivity contribution >= 4 is 0 Å². The minimum absolute atomic E-state index is 0.0989. The van der Waals surface area contributed by atoms with Gasteiger partial charge in [-0.3, -0.25) is 4.90 Å². The van der Waals surface area contributed by atoms with E-state index in [1.165, 1.54) is 4.90 Å². The van der Waals surface area contributed by atoms with Gasteiger partial charge in [0.25, 0.3) is 0 Å². The largest absolute Gasteiger partial charge is 0.401 e. The Morgan fingerprint density at radius 1 is 1.25 bits per heavy atom. The molecule has 0 amide bonds. The first-order valence-corrected chi connectivity index (χ1v) is 6.98. The summed E-state index contributed by atoms with van der Waals surface area (Å²) in [5.74, 6) is 0. The molecule has 1 atom stereocenters. The number of nitrogens with zero attached hydrogens (tertiary/aromatic N) is 1. The molecular formula is C15H21F3N2. The van der Waals surface area contributed by atoms with E-state index in [2.05, 4.69) is 0 Å². The Balaban J connectivity index is 1.87. The molecule has 1 fully saturated rings. The number of halogens is 3. The smallest absolute Gasteiger partial charge is 0.324 e. The molecule has 2 N–H and O–H groups in total. The molecular weight excluding hydrogens is 265 g/mol. The van der Waals surface area contributed by atoms with Gasteiger partial charge in [0.05, 0.1) is 6.54 Å². The summed E-state index contributed by atoms with van der Waals surface area (Å²) < 4.78 is 37.5. The van der Waals surface area contributed by atoms with Crippen LogP contribution in [0.2, 0.25) is 0 Å². The van der Waals surface area contributed by atoms with Crippen LogP contribution in [0.15, 0.2) is 24.3 Å². The zero-order valence-corrected chi connectivity index (χ0v) is 11.7. The Bertz CT molecular complexity index is 424. The van der Waals surface area contributed by atoms with Gasteiger partial charge in [0.2, 0.25) is 0 Å². The number of hydrogen-bond donors (Lipinski definition) is 1. The van der Waals surface area contributed by atoms with E-state index >= 15 is 0 Å². The Kier molecular flexibility index (Phi) is 4.70. The van der Waals surface area contributed by atoms with Crippen molar-refractivity contribution in [2.24, 2.45) is 5.73 Å². The lowest BCUT2D eigenvalue weighted by Gasteiger charge is -2.25. The first-order valence-electron chi connectivity index (χ1n) is 6.98. The summed E-state index contributed by atoms with van der Waals surface area (Å²) in [5.41, 5.74) is 8.20. The fourth-order valence-electron chi connectivity index (χ4n) is 2.35. The maximum atomic E-state index is 12.5. The molecule has 1 unspecified atom stereocenters. The minimum atomic E-state index is -4.13. The highest BCUT2D eigenvalue weighted by atomic mass is 19.4. The average molecular weight is 286 g/mol. The summed E-state index contributed by atoms with van der Waals surface area (Å²) in [5, 5.41) is 0. The van der Waals surface area contributed by atoms with E-state index in [-0.39, 0.29) is 12.1 Å². The maximum Gasteiger partial charge on any atom is 0.401 e. The first-order chi connectivity index (χ1) is 9.35. The highest BCUT2D eigenvalue weighted by Gasteiger charge is 2.37. The molecule has 1 aromatic rings. The molecule has 2 rings (SSSR count). The van der Waals surface area contributed by atoms with Gasteiger partial charge in [-0.1, -0.05) is 29.8 Å². The van der Waals surface area contributed by atoms with Crippen LogP contribution in [0.3, 0.4) is 0 Å². The number of benzene rings is 1. The van der Waals surface area contributed by atoms with Gasteiger partial charge in [0.15, 0.2) is 0 Å². The van der Waals surface area contributed by atoms with Crippen LogP contribution in [0, 0.1) is 6.92 Å². The third-order valence-corrected chi connectivity index (χ3v) is 3.68. The SMILES string of the molecule is Cc1ccc(C(N)CCN(CC(F)(F)F)C2CC2)cc1. The summed E-state index contributed by atoms with van der Waals surface area (Å²) in [4.78, 5) is 1.52. The van der Waals surface area contributed by atoms with Crippen molar-refractivity contribution < 1.29 is 13.2 Å². The van der Waals surface area contributed by atoms with Crippen LogP contribution in [-0.4, -0.2) is 30.2 Å². The summed E-state index contributed by atoms with van der Waals surface area (Å²) in [6.45, 7) is 1.57. The Morgan fingerprint density at radius 3 is 2.35 bits per heavy atom. The van der Waals surface area contributed by atoms with Crippen LogP contribution in [0.1, 0.15) is 36.4 Å². The molecule has 2 nitrogen and oxygen atoms in total. The van der Waals surface area contributed by atoms with Gasteiger partial charge in [0.1, 0.15) is 0 Å². The van der Waals surface area contributed by atoms with Crippen LogP contribution in [0.5, 0.6) is 0 Å². The molecule has 0 radical (unpaired) electrons. The van der Waals surface area contributed by atoms with Gasteiger partial charge >= 0.3 is 6.18 Å². The lowest BCUT2D eigenvalue weighted by Crippen LogP contribution is -2.37. The molecule has 0 bridgehead atoms. The molecule has 0 aliphatic heterocycles. The maximum absolute atomic E-state index is 12.5. The Labute approximate surface area is 117 Å². The molecule has 0 heterocycles. The van der Waals surface area contributed by atoms with Crippen molar-refractivity contribution in [3.05, 3.63) is 35.4 Å². The van der Waals surface area contributed by atoms with Crippen molar-refractivity contribution in [2.45, 2.75) is 44.4 Å². The minimum Gasteiger partial charge on any atom is -0.324 e. The monoisotopic (exact) mass is 286 g/mol. The predicted octanol–water partition coefficient (Wildman–Crippen LogP) is 3.41. The molecule has 1 saturated carbocycles. The number of rotatable bonds is 6. The van der Waals surface area contributed by atoms with Crippen molar-refractivity contribution in [1.29, 1.82) is 0 Å². The molecule has 5 heteroatoms. The first kappa shape index (κ1) is 15.3. The molecule has 1 aliphatic carbocycles. The second kappa shape index (κ2) is 6.14. The van der Waals surface area contributed by atoms with Crippen molar-refractivity contribution in [2.75, 3.05) is 13.1 Å². The third kappa shape index (κ3) is 4.80. The highest BCUT2D eigenvalue weighted by Crippen LogP contribution is 2.30. The second-order valence-corrected chi connectivity index (χ2v) is 5.62. The summed E-state index contributed by atoms with van der Waals surface area (Å²) >= 11 is 0. The molecule has 0 saturated heterocycles. The topological polar surface area (TPSA) is 29.3 Å². The molecule has 1 aromatic carbocycles. The van der Waals surface area contributed by atoms with E-state index in [0.29, 0.717) is 13.0 Å². The number of aryl methyl sites for hydroxylation is 1. The van der Waals surface area contributed by atoms with Crippen LogP contribution in [-0.2, 0) is 0 Å². The number of hydrogen-bond acceptors (Lipinski definition) is 2. The zero-order chi connectivity index (χ0) is 14.8. The Morgan fingerprint density at radius 2 is 1.85 bits per heavy atom. The second-order valence-electron chi connectivity index (χ2n) is 5.62. The van der Waals surface area contributed by atoms with E-state index in [1.807, 2.05) is 31.2 Å². The van der Waals surface area contributed by atoms with Crippen LogP contribution in [0.25, 0.3) is 0 Å². The number of alkyl halides is 3. The van der Waals surface area contributed by atoms with E-state index in [1.54, 1.807) is 0 Å².